The number of hydrogen-bond donors (Lipinski definition) is 0. The molecule has 2 fully saturated rings. The van der Waals surface area contributed by atoms with Crippen molar-refractivity contribution in [1.29, 1.82) is 5.26 Å². The van der Waals surface area contributed by atoms with Crippen molar-refractivity contribution in [1.82, 2.24) is 4.90 Å². The van der Waals surface area contributed by atoms with E-state index < -0.39 is 17.9 Å². The van der Waals surface area contributed by atoms with Crippen LogP contribution >= 0.6 is 0 Å². The summed E-state index contributed by atoms with van der Waals surface area (Å²) in [7, 11) is 0. The predicted octanol–water partition coefficient (Wildman–Crippen LogP) is 3.88. The molecule has 3 aromatic rings. The normalized spacial score (nSPS) is 26.5. The molecule has 4 atom stereocenters. The number of amides is 2. The van der Waals surface area contributed by atoms with Gasteiger partial charge in [-0.1, -0.05) is 60.7 Å². The van der Waals surface area contributed by atoms with Gasteiger partial charge in [0.1, 0.15) is 6.04 Å². The number of anilines is 1. The lowest BCUT2D eigenvalue weighted by Crippen LogP contribution is -2.40. The smallest absolute Gasteiger partial charge is 0.240 e. The third-order valence-electron chi connectivity index (χ3n) is 6.60. The van der Waals surface area contributed by atoms with Crippen molar-refractivity contribution in [2.24, 2.45) is 11.8 Å². The topological polar surface area (TPSA) is 64.4 Å². The van der Waals surface area contributed by atoms with Crippen LogP contribution in [0.5, 0.6) is 0 Å². The maximum absolute atomic E-state index is 13.7. The van der Waals surface area contributed by atoms with Crippen LogP contribution in [0.4, 0.5) is 5.69 Å². The van der Waals surface area contributed by atoms with Gasteiger partial charge < -0.3 is 4.90 Å². The first-order valence-corrected chi connectivity index (χ1v) is 10.0. The summed E-state index contributed by atoms with van der Waals surface area (Å²) in [5, 5.41) is 11.8. The summed E-state index contributed by atoms with van der Waals surface area (Å²) in [6.45, 7) is 0. The highest BCUT2D eigenvalue weighted by Crippen LogP contribution is 2.53. The summed E-state index contributed by atoms with van der Waals surface area (Å²) in [6.07, 6.45) is 3.82. The molecule has 5 nitrogen and oxygen atoms in total. The molecule has 144 valence electrons. The van der Waals surface area contributed by atoms with E-state index in [0.29, 0.717) is 5.69 Å². The molecule has 3 heterocycles. The molecule has 0 saturated carbocycles. The number of benzene rings is 3. The fourth-order valence-electron chi connectivity index (χ4n) is 5.35. The Morgan fingerprint density at radius 2 is 1.57 bits per heavy atom. The van der Waals surface area contributed by atoms with E-state index in [1.54, 1.807) is 0 Å². The Kier molecular flexibility index (Phi) is 3.42. The quantitative estimate of drug-likeness (QED) is 0.591. The van der Waals surface area contributed by atoms with Crippen molar-refractivity contribution >= 4 is 34.4 Å². The van der Waals surface area contributed by atoms with Crippen LogP contribution in [0.2, 0.25) is 0 Å². The Balaban J connectivity index is 1.52. The number of carbonyl (C=O) groups is 2. The first kappa shape index (κ1) is 17.0. The molecule has 5 heteroatoms. The van der Waals surface area contributed by atoms with Crippen molar-refractivity contribution in [2.45, 2.75) is 12.1 Å². The Hall–Kier alpha value is -3.91. The van der Waals surface area contributed by atoms with Crippen LogP contribution in [0.25, 0.3) is 16.8 Å². The highest BCUT2D eigenvalue weighted by molar-refractivity contribution is 6.25. The minimum absolute atomic E-state index is 0.223. The maximum atomic E-state index is 13.7. The Bertz CT molecular complexity index is 1300. The molecule has 0 aromatic heterocycles. The fraction of sp³-hybridized carbons (Fsp3) is 0.160. The first-order chi connectivity index (χ1) is 14.7. The molecule has 3 aromatic carbocycles. The second-order valence-electron chi connectivity index (χ2n) is 7.97. The van der Waals surface area contributed by atoms with E-state index in [-0.39, 0.29) is 17.9 Å². The summed E-state index contributed by atoms with van der Waals surface area (Å²) in [6, 6.07) is 22.6. The first-order valence-electron chi connectivity index (χ1n) is 10.0. The van der Waals surface area contributed by atoms with Gasteiger partial charge in [0.2, 0.25) is 11.8 Å². The van der Waals surface area contributed by atoms with Gasteiger partial charge in [0.05, 0.1) is 29.6 Å². The molecule has 0 N–H and O–H groups in total. The molecule has 0 spiro atoms. The van der Waals surface area contributed by atoms with Crippen LogP contribution in [0, 0.1) is 23.2 Å². The van der Waals surface area contributed by atoms with Gasteiger partial charge in [-0.15, -0.1) is 0 Å². The zero-order chi connectivity index (χ0) is 20.4. The lowest BCUT2D eigenvalue weighted by Gasteiger charge is -2.33. The summed E-state index contributed by atoms with van der Waals surface area (Å²) in [5.41, 5.74) is 2.62. The van der Waals surface area contributed by atoms with E-state index in [0.717, 1.165) is 21.9 Å². The van der Waals surface area contributed by atoms with Crippen LogP contribution in [-0.2, 0) is 9.59 Å². The molecule has 6 rings (SSSR count). The van der Waals surface area contributed by atoms with E-state index in [4.69, 9.17) is 0 Å². The largest absolute Gasteiger partial charge is 0.353 e. The third kappa shape index (κ3) is 2.05. The number of hydrogen-bond acceptors (Lipinski definition) is 4. The van der Waals surface area contributed by atoms with Crippen LogP contribution in [0.1, 0.15) is 17.2 Å². The van der Waals surface area contributed by atoms with Gasteiger partial charge in [-0.25, -0.2) is 4.90 Å². The number of imide groups is 1. The molecular weight excluding hydrogens is 374 g/mol. The van der Waals surface area contributed by atoms with Crippen molar-refractivity contribution in [2.75, 3.05) is 4.90 Å². The Morgan fingerprint density at radius 1 is 0.833 bits per heavy atom. The zero-order valence-electron chi connectivity index (χ0n) is 16.0. The molecule has 0 unspecified atom stereocenters. The number of carbonyl (C=O) groups excluding carboxylic acids is 2. The van der Waals surface area contributed by atoms with Crippen LogP contribution in [0.15, 0.2) is 72.9 Å². The molecule has 2 amide bonds. The number of nitrogens with zero attached hydrogens (tertiary/aromatic N) is 3. The summed E-state index contributed by atoms with van der Waals surface area (Å²) >= 11 is 0. The van der Waals surface area contributed by atoms with Crippen LogP contribution in [0.3, 0.4) is 0 Å². The van der Waals surface area contributed by atoms with Crippen molar-refractivity contribution in [3.05, 3.63) is 84.1 Å². The SMILES string of the molecule is N#C[C@@H]1[C@@H]2C(=O)N(c3cccc4ccccc34)C(=O)[C@H]2[C@H]2c3ccccc3C=CN12. The number of fused-ring (bicyclic) bond motifs is 6. The highest BCUT2D eigenvalue weighted by Gasteiger charge is 2.63. The third-order valence-corrected chi connectivity index (χ3v) is 6.60. The van der Waals surface area contributed by atoms with Crippen LogP contribution < -0.4 is 4.90 Å². The molecular formula is C25H17N3O2. The Labute approximate surface area is 173 Å². The molecule has 3 aliphatic rings. The maximum Gasteiger partial charge on any atom is 0.240 e. The molecule has 0 radical (unpaired) electrons. The minimum atomic E-state index is -0.678. The van der Waals surface area contributed by atoms with Gasteiger partial charge in [-0.3, -0.25) is 9.59 Å². The number of rotatable bonds is 1. The van der Waals surface area contributed by atoms with Gasteiger partial charge in [0.15, 0.2) is 0 Å². The van der Waals surface area contributed by atoms with Crippen molar-refractivity contribution in [3.8, 4) is 6.07 Å². The van der Waals surface area contributed by atoms with E-state index in [1.807, 2.05) is 83.9 Å². The summed E-state index contributed by atoms with van der Waals surface area (Å²) in [5.74, 6) is -1.76. The summed E-state index contributed by atoms with van der Waals surface area (Å²) in [4.78, 5) is 30.5. The second kappa shape index (κ2) is 6.04. The lowest BCUT2D eigenvalue weighted by atomic mass is 9.85. The standard InChI is InChI=1S/C25H17N3O2/c26-14-20-21-22(23-18-10-4-2-7-16(18)12-13-27(20)23)25(30)28(24(21)29)19-11-5-8-15-6-1-3-9-17(15)19/h1-13,20-23H/t20-,21+,22-,23-/m1/s1. The molecule has 30 heavy (non-hydrogen) atoms. The average Bonchev–Trinajstić information content (AvgIpc) is 3.26. The van der Waals surface area contributed by atoms with E-state index in [9.17, 15) is 14.9 Å². The predicted molar refractivity (Wildman–Crippen MR) is 113 cm³/mol. The van der Waals surface area contributed by atoms with Gasteiger partial charge >= 0.3 is 0 Å². The second-order valence-corrected chi connectivity index (χ2v) is 7.97. The number of nitriles is 1. The van der Waals surface area contributed by atoms with Crippen molar-refractivity contribution in [3.63, 3.8) is 0 Å². The van der Waals surface area contributed by atoms with Gasteiger partial charge in [0.25, 0.3) is 0 Å². The lowest BCUT2D eigenvalue weighted by molar-refractivity contribution is -0.123. The van der Waals surface area contributed by atoms with Gasteiger partial charge in [-0.05, 0) is 28.7 Å². The zero-order valence-corrected chi connectivity index (χ0v) is 16.0. The van der Waals surface area contributed by atoms with E-state index in [1.165, 1.54) is 4.90 Å². The van der Waals surface area contributed by atoms with Gasteiger partial charge in [-0.2, -0.15) is 5.26 Å². The van der Waals surface area contributed by atoms with E-state index in [2.05, 4.69) is 6.07 Å². The van der Waals surface area contributed by atoms with E-state index >= 15 is 0 Å². The molecule has 0 aliphatic carbocycles. The summed E-state index contributed by atoms with van der Waals surface area (Å²) < 4.78 is 0. The molecule has 0 bridgehead atoms. The minimum Gasteiger partial charge on any atom is -0.353 e. The van der Waals surface area contributed by atoms with Crippen LogP contribution in [-0.4, -0.2) is 22.8 Å². The van der Waals surface area contributed by atoms with Gasteiger partial charge in [0, 0.05) is 11.6 Å². The average molecular weight is 391 g/mol. The fourth-order valence-corrected chi connectivity index (χ4v) is 5.35. The molecule has 3 aliphatic heterocycles. The van der Waals surface area contributed by atoms with Crippen molar-refractivity contribution < 1.29 is 9.59 Å². The molecule has 2 saturated heterocycles. The highest BCUT2D eigenvalue weighted by atomic mass is 16.2. The monoisotopic (exact) mass is 391 g/mol. The Morgan fingerprint density at radius 3 is 2.43 bits per heavy atom.